The zero-order valence-electron chi connectivity index (χ0n) is 6.22. The first-order valence-corrected chi connectivity index (χ1v) is 4.64. The van der Waals surface area contributed by atoms with E-state index in [9.17, 15) is 0 Å². The van der Waals surface area contributed by atoms with Crippen molar-refractivity contribution in [3.63, 3.8) is 0 Å². The van der Waals surface area contributed by atoms with E-state index in [1.807, 2.05) is 0 Å². The summed E-state index contributed by atoms with van der Waals surface area (Å²) in [6.07, 6.45) is 2.76. The highest BCUT2D eigenvalue weighted by atomic mass is 35.5. The number of hydrogen-bond acceptors (Lipinski definition) is 2. The summed E-state index contributed by atoms with van der Waals surface area (Å²) in [7, 11) is 0. The van der Waals surface area contributed by atoms with E-state index in [0.717, 1.165) is 12.6 Å². The second-order valence-corrected chi connectivity index (χ2v) is 3.57. The van der Waals surface area contributed by atoms with Gasteiger partial charge in [0, 0.05) is 12.6 Å². The average Bonchev–Trinajstić information content (AvgIpc) is 2.63. The highest BCUT2D eigenvalue weighted by Crippen LogP contribution is 2.19. The van der Waals surface area contributed by atoms with E-state index in [1.54, 1.807) is 11.3 Å². The molecule has 2 rings (SSSR count). The Morgan fingerprint density at radius 3 is 2.91 bits per heavy atom. The zero-order valence-corrected chi connectivity index (χ0v) is 7.79. The van der Waals surface area contributed by atoms with Crippen LogP contribution < -0.4 is 17.7 Å². The molecule has 0 unspecified atom stereocenters. The van der Waals surface area contributed by atoms with Gasteiger partial charge in [0.2, 0.25) is 0 Å². The lowest BCUT2D eigenvalue weighted by atomic mass is 10.3. The summed E-state index contributed by atoms with van der Waals surface area (Å²) in [5, 5.41) is 7.80. The molecule has 0 radical (unpaired) electrons. The molecular formula is C8H11ClNS-. The van der Waals surface area contributed by atoms with Crippen molar-refractivity contribution in [1.82, 2.24) is 5.32 Å². The second kappa shape index (κ2) is 4.10. The van der Waals surface area contributed by atoms with E-state index < -0.39 is 0 Å². The SMILES string of the molecule is [Cl-].c1cc(CNC2CC2)cs1. The average molecular weight is 189 g/mol. The smallest absolute Gasteiger partial charge is 0.0216 e. The molecule has 0 atom stereocenters. The van der Waals surface area contributed by atoms with Crippen molar-refractivity contribution in [3.05, 3.63) is 22.4 Å². The quantitative estimate of drug-likeness (QED) is 0.642. The largest absolute Gasteiger partial charge is 1.00 e. The van der Waals surface area contributed by atoms with Crippen molar-refractivity contribution in [1.29, 1.82) is 0 Å². The summed E-state index contributed by atoms with van der Waals surface area (Å²) in [6, 6.07) is 3.01. The topological polar surface area (TPSA) is 12.0 Å². The molecule has 1 aromatic rings. The van der Waals surface area contributed by atoms with Crippen LogP contribution in [0.2, 0.25) is 0 Å². The van der Waals surface area contributed by atoms with Gasteiger partial charge in [-0.15, -0.1) is 0 Å². The van der Waals surface area contributed by atoms with E-state index in [1.165, 1.54) is 18.4 Å². The highest BCUT2D eigenvalue weighted by Gasteiger charge is 2.19. The number of thiophene rings is 1. The Balaban J connectivity index is 0.000000605. The molecule has 1 aliphatic carbocycles. The Kier molecular flexibility index (Phi) is 3.37. The van der Waals surface area contributed by atoms with Crippen molar-refractivity contribution in [3.8, 4) is 0 Å². The molecular weight excluding hydrogens is 178 g/mol. The number of hydrogen-bond donors (Lipinski definition) is 1. The van der Waals surface area contributed by atoms with Gasteiger partial charge >= 0.3 is 0 Å². The molecule has 0 bridgehead atoms. The van der Waals surface area contributed by atoms with Crippen LogP contribution in [0.5, 0.6) is 0 Å². The second-order valence-electron chi connectivity index (χ2n) is 2.79. The fourth-order valence-corrected chi connectivity index (χ4v) is 1.61. The first kappa shape index (κ1) is 9.04. The minimum atomic E-state index is 0. The lowest BCUT2D eigenvalue weighted by molar-refractivity contribution is -0.00000204. The first-order chi connectivity index (χ1) is 4.95. The van der Waals surface area contributed by atoms with E-state index in [2.05, 4.69) is 22.1 Å². The highest BCUT2D eigenvalue weighted by molar-refractivity contribution is 7.07. The number of nitrogens with one attached hydrogen (secondary N) is 1. The van der Waals surface area contributed by atoms with Crippen molar-refractivity contribution in [2.75, 3.05) is 0 Å². The molecule has 0 spiro atoms. The predicted molar refractivity (Wildman–Crippen MR) is 44.2 cm³/mol. The maximum absolute atomic E-state index is 3.47. The van der Waals surface area contributed by atoms with Crippen molar-refractivity contribution < 1.29 is 12.4 Å². The summed E-state index contributed by atoms with van der Waals surface area (Å²) in [5.74, 6) is 0. The number of halogens is 1. The summed E-state index contributed by atoms with van der Waals surface area (Å²) in [4.78, 5) is 0. The van der Waals surface area contributed by atoms with Crippen LogP contribution in [-0.2, 0) is 6.54 Å². The summed E-state index contributed by atoms with van der Waals surface area (Å²) in [5.41, 5.74) is 1.43. The molecule has 1 heterocycles. The Morgan fingerprint density at radius 1 is 1.55 bits per heavy atom. The van der Waals surface area contributed by atoms with E-state index >= 15 is 0 Å². The molecule has 0 aromatic carbocycles. The van der Waals surface area contributed by atoms with Crippen LogP contribution in [0.4, 0.5) is 0 Å². The molecule has 1 aliphatic rings. The standard InChI is InChI=1S/C8H11NS.ClH/c1-2-8(1)9-5-7-3-4-10-6-7;/h3-4,6,8-9H,1-2,5H2;1H/p-1. The van der Waals surface area contributed by atoms with Crippen LogP contribution in [0.25, 0.3) is 0 Å². The lowest BCUT2D eigenvalue weighted by Crippen LogP contribution is -3.00. The molecule has 62 valence electrons. The predicted octanol–water partition coefficient (Wildman–Crippen LogP) is -0.996. The molecule has 11 heavy (non-hydrogen) atoms. The van der Waals surface area contributed by atoms with Crippen LogP contribution in [0.3, 0.4) is 0 Å². The minimum Gasteiger partial charge on any atom is -1.00 e. The normalized spacial score (nSPS) is 16.0. The Bertz CT molecular complexity index is 194. The van der Waals surface area contributed by atoms with Gasteiger partial charge in [-0.25, -0.2) is 0 Å². The molecule has 1 fully saturated rings. The fraction of sp³-hybridized carbons (Fsp3) is 0.500. The molecule has 1 aromatic heterocycles. The molecule has 1 N–H and O–H groups in total. The first-order valence-electron chi connectivity index (χ1n) is 3.69. The van der Waals surface area contributed by atoms with Crippen molar-refractivity contribution >= 4 is 11.3 Å². The zero-order chi connectivity index (χ0) is 6.81. The maximum Gasteiger partial charge on any atom is 0.0216 e. The molecule has 0 amide bonds. The van der Waals surface area contributed by atoms with Crippen LogP contribution in [0.15, 0.2) is 16.8 Å². The van der Waals surface area contributed by atoms with Gasteiger partial charge in [-0.05, 0) is 35.2 Å². The Labute approximate surface area is 77.2 Å². The van der Waals surface area contributed by atoms with Gasteiger partial charge in [-0.1, -0.05) is 0 Å². The van der Waals surface area contributed by atoms with Gasteiger partial charge in [-0.3, -0.25) is 0 Å². The molecule has 0 aliphatic heterocycles. The van der Waals surface area contributed by atoms with Gasteiger partial charge in [0.1, 0.15) is 0 Å². The van der Waals surface area contributed by atoms with Crippen LogP contribution >= 0.6 is 11.3 Å². The maximum atomic E-state index is 3.47. The molecule has 3 heteroatoms. The Morgan fingerprint density at radius 2 is 2.36 bits per heavy atom. The third-order valence-corrected chi connectivity index (χ3v) is 2.48. The molecule has 1 nitrogen and oxygen atoms in total. The minimum absolute atomic E-state index is 0. The molecule has 1 saturated carbocycles. The van der Waals surface area contributed by atoms with Gasteiger partial charge in [0.15, 0.2) is 0 Å². The van der Waals surface area contributed by atoms with Gasteiger partial charge in [0.05, 0.1) is 0 Å². The molecule has 0 saturated heterocycles. The van der Waals surface area contributed by atoms with Crippen molar-refractivity contribution in [2.45, 2.75) is 25.4 Å². The summed E-state index contributed by atoms with van der Waals surface area (Å²) >= 11 is 1.77. The number of rotatable bonds is 3. The van der Waals surface area contributed by atoms with E-state index in [4.69, 9.17) is 0 Å². The third-order valence-electron chi connectivity index (χ3n) is 1.75. The van der Waals surface area contributed by atoms with E-state index in [0.29, 0.717) is 0 Å². The third kappa shape index (κ3) is 2.81. The fourth-order valence-electron chi connectivity index (χ4n) is 0.943. The van der Waals surface area contributed by atoms with Gasteiger partial charge in [-0.2, -0.15) is 11.3 Å². The monoisotopic (exact) mass is 188 g/mol. The Hall–Kier alpha value is -0.0500. The van der Waals surface area contributed by atoms with Crippen LogP contribution in [-0.4, -0.2) is 6.04 Å². The van der Waals surface area contributed by atoms with Crippen LogP contribution in [0.1, 0.15) is 18.4 Å². The van der Waals surface area contributed by atoms with Crippen LogP contribution in [0, 0.1) is 0 Å². The van der Waals surface area contributed by atoms with E-state index in [-0.39, 0.29) is 12.4 Å². The van der Waals surface area contributed by atoms with Gasteiger partial charge in [0.25, 0.3) is 0 Å². The van der Waals surface area contributed by atoms with Crippen molar-refractivity contribution in [2.24, 2.45) is 0 Å². The summed E-state index contributed by atoms with van der Waals surface area (Å²) < 4.78 is 0. The summed E-state index contributed by atoms with van der Waals surface area (Å²) in [6.45, 7) is 1.06. The van der Waals surface area contributed by atoms with Gasteiger partial charge < -0.3 is 17.7 Å². The lowest BCUT2D eigenvalue weighted by Gasteiger charge is -1.97.